The number of rotatable bonds is 4. The van der Waals surface area contributed by atoms with E-state index in [2.05, 4.69) is 37.2 Å². The number of halogens is 2. The van der Waals surface area contributed by atoms with Crippen molar-refractivity contribution in [3.63, 3.8) is 0 Å². The number of aliphatic hydroxyl groups is 1. The van der Waals surface area contributed by atoms with Crippen molar-refractivity contribution in [3.05, 3.63) is 144 Å². The van der Waals surface area contributed by atoms with Crippen LogP contribution in [0.2, 0.25) is 0 Å². The van der Waals surface area contributed by atoms with Crippen LogP contribution in [0.5, 0.6) is 28.7 Å². The average Bonchev–Trinajstić information content (AvgIpc) is 0.762. The highest BCUT2D eigenvalue weighted by atomic mass is 79.9. The number of Topliss-reactive ketones (excluding diaryl/α,β-unsaturated/α-hetero) is 4. The zero-order chi connectivity index (χ0) is 89.7. The zero-order valence-electron chi connectivity index (χ0n) is 72.8. The summed E-state index contributed by atoms with van der Waals surface area (Å²) >= 11 is 6.59. The van der Waals surface area contributed by atoms with Gasteiger partial charge in [-0.3, -0.25) is 19.2 Å². The number of phenols is 1. The predicted molar refractivity (Wildman–Crippen MR) is 458 cm³/mol. The van der Waals surface area contributed by atoms with Crippen molar-refractivity contribution in [2.45, 2.75) is 237 Å². The molecule has 0 aromatic heterocycles. The number of benzene rings is 5. The van der Waals surface area contributed by atoms with Crippen molar-refractivity contribution < 1.29 is 115 Å². The van der Waals surface area contributed by atoms with Crippen LogP contribution in [0.15, 0.2) is 99.9 Å². The number of piperidine rings is 5. The van der Waals surface area contributed by atoms with Gasteiger partial charge in [0.15, 0.2) is 17.3 Å². The van der Waals surface area contributed by atoms with E-state index in [1.165, 1.54) is 34.3 Å². The number of nitrogens with one attached hydrogen (secondary N) is 1. The van der Waals surface area contributed by atoms with Crippen molar-refractivity contribution in [2.24, 2.45) is 0 Å². The molecule has 5 aromatic carbocycles. The van der Waals surface area contributed by atoms with Crippen molar-refractivity contribution in [2.75, 3.05) is 86.8 Å². The molecule has 5 saturated heterocycles. The van der Waals surface area contributed by atoms with E-state index in [1.54, 1.807) is 68.1 Å². The minimum absolute atomic E-state index is 0.0203. The molecule has 0 radical (unpaired) electrons. The summed E-state index contributed by atoms with van der Waals surface area (Å²) < 4.78 is 62.1. The van der Waals surface area contributed by atoms with Gasteiger partial charge in [0, 0.05) is 130 Å². The van der Waals surface area contributed by atoms with E-state index in [9.17, 15) is 63.0 Å². The number of aliphatic hydroxyl groups excluding tert-OH is 1. The van der Waals surface area contributed by atoms with Crippen molar-refractivity contribution >= 4 is 97.3 Å². The van der Waals surface area contributed by atoms with Gasteiger partial charge >= 0.3 is 42.3 Å². The SMILES string of the molecule is CC(=O)c1c(O)cccc1Br.CC(C)(C)OC(=O)N1CCC(=O)CC1.CC(C)(C)OC(=O)N1CCC2(CC1)CC(=O)c1c(Br)cccc1O2.COC(=O)c1cccc2c1C(=O)CC1(CCN(C(=O)OC(C)(C)C)CC1)O2.COC(=O)c1cccc2c1C(O)CC1(CCN(C(=O)OC(C)(C)C)CC1)O2.COC(=O)c1cccc2c1CCC1(CCNCC1)O2. The molecule has 4 amide bonds. The van der Waals surface area contributed by atoms with Gasteiger partial charge in [-0.25, -0.2) is 33.6 Å². The van der Waals surface area contributed by atoms with Crippen LogP contribution in [0.25, 0.3) is 0 Å². The number of hydrogen-bond donors (Lipinski definition) is 3. The number of carbonyl (C=O) groups is 11. The van der Waals surface area contributed by atoms with Gasteiger partial charge < -0.3 is 87.2 Å². The van der Waals surface area contributed by atoms with Gasteiger partial charge in [-0.15, -0.1) is 0 Å². The Balaban J connectivity index is 0.000000170. The molecule has 4 spiro atoms. The molecular weight excluding hydrogens is 1710 g/mol. The fourth-order valence-electron chi connectivity index (χ4n) is 15.7. The Hall–Kier alpha value is -9.85. The molecule has 1 atom stereocenters. The summed E-state index contributed by atoms with van der Waals surface area (Å²) in [4.78, 5) is 138. The maximum Gasteiger partial charge on any atom is 0.410 e. The summed E-state index contributed by atoms with van der Waals surface area (Å²) in [5.41, 5.74) is 0.103. The number of nitrogens with zero attached hydrogens (tertiary/aromatic N) is 4. The van der Waals surface area contributed by atoms with Crippen molar-refractivity contribution in [3.8, 4) is 28.7 Å². The highest BCUT2D eigenvalue weighted by Gasteiger charge is 2.49. The quantitative estimate of drug-likeness (QED) is 0.0854. The Morgan fingerprint density at radius 2 is 0.787 bits per heavy atom. The molecule has 664 valence electrons. The lowest BCUT2D eigenvalue weighted by molar-refractivity contribution is -0.121. The molecule has 0 aliphatic carbocycles. The van der Waals surface area contributed by atoms with E-state index in [4.69, 9.17) is 52.1 Å². The van der Waals surface area contributed by atoms with E-state index in [0.717, 1.165) is 54.6 Å². The van der Waals surface area contributed by atoms with Crippen molar-refractivity contribution in [1.82, 2.24) is 24.9 Å². The number of ether oxygens (including phenoxy) is 11. The highest BCUT2D eigenvalue weighted by Crippen LogP contribution is 2.48. The molecule has 9 heterocycles. The number of fused-ring (bicyclic) bond motifs is 4. The van der Waals surface area contributed by atoms with Gasteiger partial charge in [-0.05, 0) is 221 Å². The monoisotopic (exact) mass is 1820 g/mol. The van der Waals surface area contributed by atoms with Gasteiger partial charge in [0.05, 0.1) is 73.7 Å². The van der Waals surface area contributed by atoms with E-state index in [0.29, 0.717) is 166 Å². The average molecular weight is 1820 g/mol. The minimum Gasteiger partial charge on any atom is -0.507 e. The molecule has 9 aliphatic heterocycles. The second-order valence-electron chi connectivity index (χ2n) is 35.7. The van der Waals surface area contributed by atoms with E-state index in [1.807, 2.05) is 119 Å². The van der Waals surface area contributed by atoms with Crippen LogP contribution in [-0.2, 0) is 44.4 Å². The minimum atomic E-state index is -0.822. The molecule has 5 aromatic rings. The van der Waals surface area contributed by atoms with E-state index >= 15 is 0 Å². The van der Waals surface area contributed by atoms with E-state index in [-0.39, 0.29) is 82.4 Å². The molecule has 14 rings (SSSR count). The molecule has 9 aliphatic rings. The largest absolute Gasteiger partial charge is 0.507 e. The number of amides is 4. The first kappa shape index (κ1) is 96.0. The van der Waals surface area contributed by atoms with E-state index < -0.39 is 57.2 Å². The van der Waals surface area contributed by atoms with Gasteiger partial charge in [-0.2, -0.15) is 0 Å². The van der Waals surface area contributed by atoms with Crippen LogP contribution < -0.4 is 24.3 Å². The standard InChI is InChI=1S/C20H27NO6.C20H25NO6.C18H22BrNO4.C15H19NO3.C10H17NO3.C8H7BrO2/c2*1-19(2,3)27-18(24)21-10-8-20(9-11-21)12-14(22)16-13(17(23)25-4)6-5-7-15(16)26-20;1-17(2,3)24-16(22)20-9-7-18(8-10-20)11-13(21)15-12(19)5-4-6-14(15)23-18;1-18-14(17)12-3-2-4-13-11(12)5-6-15(19-13)7-9-16-10-8-15;1-10(2,3)14-9(13)11-6-4-8(12)5-7-11;1-5(10)8-6(9)3-2-4-7(8)11/h5-7,14,22H,8-12H2,1-4H3;5-7H,8-12H2,1-4H3;4-6H,7-11H2,1-3H3;2-4,16H,5-10H2,1H3;4-7H2,1-3H3;2-4,11H,1H3. The normalized spacial score (nSPS) is 18.8. The molecule has 0 saturated carbocycles. The number of esters is 3. The number of methoxy groups -OCH3 is 3. The first-order chi connectivity index (χ1) is 57.2. The first-order valence-corrected chi connectivity index (χ1v) is 42.9. The first-order valence-electron chi connectivity index (χ1n) is 41.3. The third kappa shape index (κ3) is 25.4. The number of carbonyl (C=O) groups excluding carboxylic acids is 11. The zero-order valence-corrected chi connectivity index (χ0v) is 76.0. The third-order valence-corrected chi connectivity index (χ3v) is 23.1. The summed E-state index contributed by atoms with van der Waals surface area (Å²) in [7, 11) is 4.01. The van der Waals surface area contributed by atoms with Gasteiger partial charge in [0.25, 0.3) is 0 Å². The number of aromatic hydroxyl groups is 1. The number of ketones is 4. The van der Waals surface area contributed by atoms with Gasteiger partial charge in [0.1, 0.15) is 79.3 Å². The molecule has 0 bridgehead atoms. The summed E-state index contributed by atoms with van der Waals surface area (Å²) in [6.45, 7) is 29.4. The second-order valence-corrected chi connectivity index (χ2v) is 37.4. The smallest absolute Gasteiger partial charge is 0.410 e. The molecule has 122 heavy (non-hydrogen) atoms. The fraction of sp³-hybridized carbons (Fsp3) is 0.549. The molecular formula is C91H117Br2N5O24. The summed E-state index contributed by atoms with van der Waals surface area (Å²) in [5.74, 6) is 1.13. The molecule has 31 heteroatoms. The topological polar surface area (TPSA) is 355 Å². The maximum absolute atomic E-state index is 12.8. The Morgan fingerprint density at radius 3 is 1.23 bits per heavy atom. The lowest BCUT2D eigenvalue weighted by Gasteiger charge is -2.46. The maximum atomic E-state index is 12.8. The lowest BCUT2D eigenvalue weighted by atomic mass is 9.80. The number of hydrogen-bond acceptors (Lipinski definition) is 25. The second kappa shape index (κ2) is 40.2. The number of phenolic OH excluding ortho intramolecular Hbond substituents is 1. The number of likely N-dealkylation sites (tertiary alicyclic amines) is 4. The van der Waals surface area contributed by atoms with Crippen LogP contribution in [0.3, 0.4) is 0 Å². The molecule has 5 fully saturated rings. The summed E-state index contributed by atoms with van der Waals surface area (Å²) in [6, 6.07) is 26.1. The summed E-state index contributed by atoms with van der Waals surface area (Å²) in [6.07, 6.45) is 7.12. The van der Waals surface area contributed by atoms with Gasteiger partial charge in [-0.1, -0.05) is 30.3 Å². The molecule has 3 N–H and O–H groups in total. The van der Waals surface area contributed by atoms with Crippen LogP contribution in [-0.4, -0.2) is 227 Å². The van der Waals surface area contributed by atoms with Crippen LogP contribution in [0.1, 0.15) is 259 Å². The Kier molecular flexibility index (Phi) is 31.6. The van der Waals surface area contributed by atoms with Crippen LogP contribution >= 0.6 is 31.9 Å². The summed E-state index contributed by atoms with van der Waals surface area (Å²) in [5, 5.41) is 23.3. The Bertz CT molecular complexity index is 4630. The third-order valence-electron chi connectivity index (χ3n) is 21.8. The highest BCUT2D eigenvalue weighted by molar-refractivity contribution is 9.10. The predicted octanol–water partition coefficient (Wildman–Crippen LogP) is 16.3. The molecule has 1 unspecified atom stereocenters. The Labute approximate surface area is 730 Å². The van der Waals surface area contributed by atoms with Crippen molar-refractivity contribution in [1.29, 1.82) is 0 Å². The lowest BCUT2D eigenvalue weighted by Crippen LogP contribution is -2.53. The molecule has 29 nitrogen and oxygen atoms in total. The van der Waals surface area contributed by atoms with Crippen LogP contribution in [0, 0.1) is 0 Å². The Morgan fingerprint density at radius 1 is 0.426 bits per heavy atom. The van der Waals surface area contributed by atoms with Crippen LogP contribution in [0.4, 0.5) is 19.2 Å². The fourth-order valence-corrected chi connectivity index (χ4v) is 16.9. The van der Waals surface area contributed by atoms with Gasteiger partial charge in [0.2, 0.25) is 0 Å².